The zero-order chi connectivity index (χ0) is 25.4. The van der Waals surface area contributed by atoms with E-state index in [1.165, 1.54) is 24.5 Å². The fourth-order valence-corrected chi connectivity index (χ4v) is 4.59. The molecule has 1 amide bonds. The lowest BCUT2D eigenvalue weighted by Gasteiger charge is -2.23. The number of aromatic nitrogens is 2. The molecule has 0 aliphatic carbocycles. The number of carbonyl (C=O) groups excluding carboxylic acids is 1. The molecule has 36 heavy (non-hydrogen) atoms. The van der Waals surface area contributed by atoms with Crippen molar-refractivity contribution in [2.24, 2.45) is 0 Å². The SMILES string of the molecule is CNC(=O)c1c(-c2ccc(F)cc2)oc2cc3c(cc12)[C@H](C)O[C@H](CNc1ncc(Cl)cn1)CN3C. The largest absolute Gasteiger partial charge is 0.455 e. The summed E-state index contributed by atoms with van der Waals surface area (Å²) in [5.41, 5.74) is 3.47. The van der Waals surface area contributed by atoms with Crippen molar-refractivity contribution in [3.63, 3.8) is 0 Å². The maximum Gasteiger partial charge on any atom is 0.255 e. The van der Waals surface area contributed by atoms with Crippen molar-refractivity contribution in [1.82, 2.24) is 15.3 Å². The molecule has 5 rings (SSSR count). The van der Waals surface area contributed by atoms with Gasteiger partial charge >= 0.3 is 0 Å². The minimum Gasteiger partial charge on any atom is -0.455 e. The van der Waals surface area contributed by atoms with E-state index < -0.39 is 0 Å². The van der Waals surface area contributed by atoms with Crippen molar-refractivity contribution in [2.75, 3.05) is 37.4 Å². The molecule has 4 aromatic rings. The zero-order valence-electron chi connectivity index (χ0n) is 20.0. The van der Waals surface area contributed by atoms with E-state index in [1.807, 2.05) is 26.1 Å². The van der Waals surface area contributed by atoms with Crippen LogP contribution in [0.2, 0.25) is 5.02 Å². The summed E-state index contributed by atoms with van der Waals surface area (Å²) in [6.45, 7) is 3.09. The summed E-state index contributed by atoms with van der Waals surface area (Å²) >= 11 is 5.87. The Morgan fingerprint density at radius 1 is 1.22 bits per heavy atom. The number of nitrogens with zero attached hydrogens (tertiary/aromatic N) is 3. The first-order valence-corrected chi connectivity index (χ1v) is 11.9. The Bertz CT molecular complexity index is 1410. The zero-order valence-corrected chi connectivity index (χ0v) is 20.8. The fraction of sp³-hybridized carbons (Fsp3) is 0.269. The Morgan fingerprint density at radius 3 is 2.64 bits per heavy atom. The third kappa shape index (κ3) is 4.59. The van der Waals surface area contributed by atoms with E-state index in [4.69, 9.17) is 20.8 Å². The van der Waals surface area contributed by atoms with Crippen molar-refractivity contribution < 1.29 is 18.3 Å². The molecule has 2 N–H and O–H groups in total. The van der Waals surface area contributed by atoms with Crippen molar-refractivity contribution in [3.8, 4) is 11.3 Å². The number of amides is 1. The van der Waals surface area contributed by atoms with E-state index in [9.17, 15) is 9.18 Å². The highest BCUT2D eigenvalue weighted by Gasteiger charge is 2.29. The standard InChI is InChI=1S/C26H25ClFN5O3/c1-14-19-8-20-22(36-24(23(20)25(34)29-2)15-4-6-17(28)7-5-15)9-21(19)33(3)13-18(35-14)12-32-26-30-10-16(27)11-31-26/h4-11,14,18H,12-13H2,1-3H3,(H,29,34)(H,30,31,32)/t14-,18+/m0/s1. The third-order valence-electron chi connectivity index (χ3n) is 6.23. The average molecular weight is 510 g/mol. The second-order valence-electron chi connectivity index (χ2n) is 8.69. The van der Waals surface area contributed by atoms with Crippen LogP contribution >= 0.6 is 11.6 Å². The van der Waals surface area contributed by atoms with Crippen LogP contribution in [0.3, 0.4) is 0 Å². The predicted molar refractivity (Wildman–Crippen MR) is 137 cm³/mol. The summed E-state index contributed by atoms with van der Waals surface area (Å²) in [4.78, 5) is 23.4. The van der Waals surface area contributed by atoms with Crippen LogP contribution < -0.4 is 15.5 Å². The van der Waals surface area contributed by atoms with Gasteiger partial charge in [-0.2, -0.15) is 0 Å². The molecule has 2 atom stereocenters. The Hall–Kier alpha value is -3.69. The average Bonchev–Trinajstić information content (AvgIpc) is 3.20. The van der Waals surface area contributed by atoms with Gasteiger partial charge in [-0.1, -0.05) is 11.6 Å². The molecular weight excluding hydrogens is 485 g/mol. The maximum atomic E-state index is 13.5. The summed E-state index contributed by atoms with van der Waals surface area (Å²) < 4.78 is 26.1. The minimum atomic E-state index is -0.359. The van der Waals surface area contributed by atoms with Gasteiger partial charge in [0.15, 0.2) is 0 Å². The number of hydrogen-bond acceptors (Lipinski definition) is 7. The molecule has 0 saturated carbocycles. The summed E-state index contributed by atoms with van der Waals surface area (Å²) in [6.07, 6.45) is 2.66. The minimum absolute atomic E-state index is 0.156. The quantitative estimate of drug-likeness (QED) is 0.389. The Morgan fingerprint density at radius 2 is 1.94 bits per heavy atom. The Kier molecular flexibility index (Phi) is 6.51. The van der Waals surface area contributed by atoms with E-state index in [1.54, 1.807) is 19.2 Å². The first kappa shape index (κ1) is 24.0. The number of nitrogens with one attached hydrogen (secondary N) is 2. The maximum absolute atomic E-state index is 13.5. The van der Waals surface area contributed by atoms with Crippen LogP contribution in [-0.4, -0.2) is 49.2 Å². The number of carbonyl (C=O) groups is 1. The Balaban J connectivity index is 1.49. The van der Waals surface area contributed by atoms with Crippen molar-refractivity contribution in [1.29, 1.82) is 0 Å². The third-order valence-corrected chi connectivity index (χ3v) is 6.42. The first-order chi connectivity index (χ1) is 17.3. The number of halogens is 2. The number of benzene rings is 2. The van der Waals surface area contributed by atoms with Crippen LogP contribution in [0.15, 0.2) is 53.2 Å². The van der Waals surface area contributed by atoms with Crippen molar-refractivity contribution in [3.05, 3.63) is 70.8 Å². The van der Waals surface area contributed by atoms with Gasteiger partial charge in [0.25, 0.3) is 5.91 Å². The van der Waals surface area contributed by atoms with E-state index in [2.05, 4.69) is 25.5 Å². The lowest BCUT2D eigenvalue weighted by Crippen LogP contribution is -2.34. The lowest BCUT2D eigenvalue weighted by atomic mass is 10.00. The summed E-state index contributed by atoms with van der Waals surface area (Å²) in [7, 11) is 3.56. The molecule has 186 valence electrons. The monoisotopic (exact) mass is 509 g/mol. The lowest BCUT2D eigenvalue weighted by molar-refractivity contribution is 0.0134. The number of furan rings is 1. The van der Waals surface area contributed by atoms with E-state index >= 15 is 0 Å². The molecular formula is C26H25ClFN5O3. The highest BCUT2D eigenvalue weighted by Crippen LogP contribution is 2.41. The molecule has 0 fully saturated rings. The molecule has 1 aliphatic heterocycles. The predicted octanol–water partition coefficient (Wildman–Crippen LogP) is 5.05. The molecule has 0 bridgehead atoms. The molecule has 1 aliphatic rings. The van der Waals surface area contributed by atoms with Gasteiger partial charge in [0.1, 0.15) is 17.2 Å². The molecule has 3 heterocycles. The highest BCUT2D eigenvalue weighted by atomic mass is 35.5. The number of anilines is 2. The van der Waals surface area contributed by atoms with Gasteiger partial charge in [0.05, 0.1) is 35.2 Å². The van der Waals surface area contributed by atoms with Crippen LogP contribution in [0.25, 0.3) is 22.3 Å². The number of likely N-dealkylation sites (N-methyl/N-ethyl adjacent to an activating group) is 1. The fourth-order valence-electron chi connectivity index (χ4n) is 4.49. The summed E-state index contributed by atoms with van der Waals surface area (Å²) in [5, 5.41) is 7.03. The van der Waals surface area contributed by atoms with Crippen LogP contribution in [-0.2, 0) is 4.74 Å². The van der Waals surface area contributed by atoms with E-state index in [0.29, 0.717) is 51.9 Å². The van der Waals surface area contributed by atoms with Gasteiger partial charge < -0.3 is 24.7 Å². The van der Waals surface area contributed by atoms with Crippen molar-refractivity contribution in [2.45, 2.75) is 19.1 Å². The van der Waals surface area contributed by atoms with Gasteiger partial charge in [-0.3, -0.25) is 4.79 Å². The van der Waals surface area contributed by atoms with Crippen LogP contribution in [0.1, 0.15) is 28.9 Å². The highest BCUT2D eigenvalue weighted by molar-refractivity contribution is 6.30. The smallest absolute Gasteiger partial charge is 0.255 e. The topological polar surface area (TPSA) is 92.5 Å². The molecule has 8 nitrogen and oxygen atoms in total. The van der Waals surface area contributed by atoms with Crippen molar-refractivity contribution >= 4 is 40.1 Å². The number of rotatable bonds is 5. The number of fused-ring (bicyclic) bond motifs is 2. The second-order valence-corrected chi connectivity index (χ2v) is 9.12. The molecule has 0 unspecified atom stereocenters. The van der Waals surface area contributed by atoms with E-state index in [0.717, 1.165) is 11.3 Å². The van der Waals surface area contributed by atoms with Gasteiger partial charge in [-0.05, 0) is 37.3 Å². The van der Waals surface area contributed by atoms with Crippen LogP contribution in [0.5, 0.6) is 0 Å². The van der Waals surface area contributed by atoms with Gasteiger partial charge in [-0.15, -0.1) is 0 Å². The summed E-state index contributed by atoms with van der Waals surface area (Å²) in [6, 6.07) is 9.78. The van der Waals surface area contributed by atoms with Crippen LogP contribution in [0, 0.1) is 5.82 Å². The van der Waals surface area contributed by atoms with Gasteiger partial charge in [-0.25, -0.2) is 14.4 Å². The van der Waals surface area contributed by atoms with Gasteiger partial charge in [0, 0.05) is 55.5 Å². The molecule has 2 aromatic heterocycles. The summed E-state index contributed by atoms with van der Waals surface area (Å²) in [5.74, 6) is 0.225. The molecule has 2 aromatic carbocycles. The van der Waals surface area contributed by atoms with Gasteiger partial charge in [0.2, 0.25) is 5.95 Å². The number of ether oxygens (including phenoxy) is 1. The normalized spacial score (nSPS) is 17.5. The number of hydrogen-bond donors (Lipinski definition) is 2. The van der Waals surface area contributed by atoms with Crippen LogP contribution in [0.4, 0.5) is 16.0 Å². The second kappa shape index (κ2) is 9.75. The Labute approximate surface area is 212 Å². The molecule has 0 radical (unpaired) electrons. The molecule has 10 heteroatoms. The van der Waals surface area contributed by atoms with E-state index in [-0.39, 0.29) is 23.9 Å². The molecule has 0 saturated heterocycles. The molecule has 0 spiro atoms. The first-order valence-electron chi connectivity index (χ1n) is 11.5.